The van der Waals surface area contributed by atoms with Gasteiger partial charge in [-0.15, -0.1) is 0 Å². The summed E-state index contributed by atoms with van der Waals surface area (Å²) in [4.78, 5) is 12.7. The highest BCUT2D eigenvalue weighted by molar-refractivity contribution is 5.91. The number of carbonyl (C=O) groups excluding carboxylic acids is 1. The Morgan fingerprint density at radius 3 is 2.47 bits per heavy atom. The second-order valence-corrected chi connectivity index (χ2v) is 5.48. The van der Waals surface area contributed by atoms with Gasteiger partial charge in [0.15, 0.2) is 5.78 Å². The minimum absolute atomic E-state index is 0.0958. The number of Topliss-reactive ketones (excluding diaryl/α,β-unsaturated/α-hetero) is 1. The van der Waals surface area contributed by atoms with Crippen LogP contribution in [-0.4, -0.2) is 31.6 Å². The molecule has 1 saturated heterocycles. The zero-order chi connectivity index (χ0) is 13.7. The predicted molar refractivity (Wildman–Crippen MR) is 76.3 cm³/mol. The number of carbonyl (C=O) groups is 1. The van der Waals surface area contributed by atoms with E-state index >= 15 is 0 Å². The number of piperidine rings is 1. The predicted octanol–water partition coefficient (Wildman–Crippen LogP) is 2.30. The molecule has 19 heavy (non-hydrogen) atoms. The molecule has 0 unspecified atom stereocenters. The molecule has 0 atom stereocenters. The molecule has 1 aliphatic heterocycles. The molecule has 1 aliphatic rings. The number of rotatable bonds is 5. The quantitative estimate of drug-likeness (QED) is 0.884. The molecule has 0 bridgehead atoms. The molecule has 3 nitrogen and oxygen atoms in total. The minimum atomic E-state index is -0.360. The van der Waals surface area contributed by atoms with E-state index in [0.29, 0.717) is 0 Å². The standard InChI is InChI=1S/C16H23NO2/c1-13(2)19-12-15(18)16(8-10-17-11-9-16)14-6-4-3-5-7-14/h3-7,13,17H,8-12H2,1-2H3. The van der Waals surface area contributed by atoms with Crippen LogP contribution in [-0.2, 0) is 14.9 Å². The van der Waals surface area contributed by atoms with Crippen LogP contribution in [0.1, 0.15) is 32.3 Å². The molecule has 1 heterocycles. The van der Waals surface area contributed by atoms with Gasteiger partial charge in [-0.25, -0.2) is 0 Å². The van der Waals surface area contributed by atoms with E-state index in [-0.39, 0.29) is 23.9 Å². The number of nitrogens with one attached hydrogen (secondary N) is 1. The summed E-state index contributed by atoms with van der Waals surface area (Å²) in [5.74, 6) is 0.217. The van der Waals surface area contributed by atoms with Crippen LogP contribution in [0, 0.1) is 0 Å². The van der Waals surface area contributed by atoms with Crippen molar-refractivity contribution in [1.82, 2.24) is 5.32 Å². The summed E-state index contributed by atoms with van der Waals surface area (Å²) < 4.78 is 5.53. The third-order valence-corrected chi connectivity index (χ3v) is 3.86. The molecule has 0 amide bonds. The van der Waals surface area contributed by atoms with Crippen molar-refractivity contribution >= 4 is 5.78 Å². The van der Waals surface area contributed by atoms with Gasteiger partial charge in [0.2, 0.25) is 0 Å². The largest absolute Gasteiger partial charge is 0.371 e. The molecule has 2 rings (SSSR count). The van der Waals surface area contributed by atoms with E-state index in [1.54, 1.807) is 0 Å². The average Bonchev–Trinajstić information content (AvgIpc) is 2.46. The summed E-state index contributed by atoms with van der Waals surface area (Å²) in [6, 6.07) is 10.1. The maximum absolute atomic E-state index is 12.7. The first-order valence-corrected chi connectivity index (χ1v) is 7.06. The van der Waals surface area contributed by atoms with Gasteiger partial charge in [-0.2, -0.15) is 0 Å². The van der Waals surface area contributed by atoms with Crippen molar-refractivity contribution in [2.45, 2.75) is 38.2 Å². The average molecular weight is 261 g/mol. The summed E-state index contributed by atoms with van der Waals surface area (Å²) in [6.45, 7) is 5.92. The first kappa shape index (κ1) is 14.2. The van der Waals surface area contributed by atoms with Crippen molar-refractivity contribution in [3.63, 3.8) is 0 Å². The van der Waals surface area contributed by atoms with Gasteiger partial charge in [0.25, 0.3) is 0 Å². The summed E-state index contributed by atoms with van der Waals surface area (Å²) in [7, 11) is 0. The van der Waals surface area contributed by atoms with Gasteiger partial charge in [-0.3, -0.25) is 4.79 Å². The third kappa shape index (κ3) is 3.23. The highest BCUT2D eigenvalue weighted by Gasteiger charge is 2.40. The summed E-state index contributed by atoms with van der Waals surface area (Å²) in [5, 5.41) is 3.34. The third-order valence-electron chi connectivity index (χ3n) is 3.86. The van der Waals surface area contributed by atoms with E-state index < -0.39 is 0 Å². The molecule has 0 spiro atoms. The lowest BCUT2D eigenvalue weighted by Gasteiger charge is -2.37. The lowest BCUT2D eigenvalue weighted by Crippen LogP contribution is -2.47. The minimum Gasteiger partial charge on any atom is -0.371 e. The lowest BCUT2D eigenvalue weighted by atomic mass is 9.70. The Balaban J connectivity index is 2.22. The second kappa shape index (κ2) is 6.31. The van der Waals surface area contributed by atoms with E-state index in [4.69, 9.17) is 4.74 Å². The summed E-state index contributed by atoms with van der Waals surface area (Å²) >= 11 is 0. The zero-order valence-corrected chi connectivity index (χ0v) is 11.8. The van der Waals surface area contributed by atoms with E-state index in [2.05, 4.69) is 17.4 Å². The number of ketones is 1. The Kier molecular flexibility index (Phi) is 4.72. The Labute approximate surface area is 115 Å². The van der Waals surface area contributed by atoms with Gasteiger partial charge < -0.3 is 10.1 Å². The maximum atomic E-state index is 12.7. The molecule has 1 aromatic carbocycles. The van der Waals surface area contributed by atoms with Crippen molar-refractivity contribution in [2.24, 2.45) is 0 Å². The number of hydrogen-bond acceptors (Lipinski definition) is 3. The molecule has 0 aromatic heterocycles. The summed E-state index contributed by atoms with van der Waals surface area (Å²) in [5.41, 5.74) is 0.773. The smallest absolute Gasteiger partial charge is 0.169 e. The molecule has 104 valence electrons. The summed E-state index contributed by atoms with van der Waals surface area (Å²) in [6.07, 6.45) is 1.81. The fraction of sp³-hybridized carbons (Fsp3) is 0.562. The van der Waals surface area contributed by atoms with E-state index in [9.17, 15) is 4.79 Å². The first-order valence-electron chi connectivity index (χ1n) is 7.06. The zero-order valence-electron chi connectivity index (χ0n) is 11.8. The molecular formula is C16H23NO2. The second-order valence-electron chi connectivity index (χ2n) is 5.48. The molecular weight excluding hydrogens is 238 g/mol. The van der Waals surface area contributed by atoms with Crippen LogP contribution in [0.3, 0.4) is 0 Å². The fourth-order valence-electron chi connectivity index (χ4n) is 2.72. The molecule has 1 fully saturated rings. The van der Waals surface area contributed by atoms with Gasteiger partial charge in [-0.1, -0.05) is 30.3 Å². The van der Waals surface area contributed by atoms with Crippen LogP contribution >= 0.6 is 0 Å². The maximum Gasteiger partial charge on any atom is 0.169 e. The number of benzene rings is 1. The van der Waals surface area contributed by atoms with E-state index in [1.165, 1.54) is 0 Å². The van der Waals surface area contributed by atoms with Crippen molar-refractivity contribution < 1.29 is 9.53 Å². The van der Waals surface area contributed by atoms with E-state index in [1.807, 2.05) is 32.0 Å². The van der Waals surface area contributed by atoms with Gasteiger partial charge in [0.05, 0.1) is 11.5 Å². The number of ether oxygens (including phenoxy) is 1. The van der Waals surface area contributed by atoms with Gasteiger partial charge >= 0.3 is 0 Å². The SMILES string of the molecule is CC(C)OCC(=O)C1(c2ccccc2)CCNCC1. The lowest BCUT2D eigenvalue weighted by molar-refractivity contribution is -0.131. The van der Waals surface area contributed by atoms with Crippen molar-refractivity contribution in [1.29, 1.82) is 0 Å². The van der Waals surface area contributed by atoms with Gasteiger partial charge in [0, 0.05) is 0 Å². The Morgan fingerprint density at radius 1 is 1.26 bits per heavy atom. The Bertz CT molecular complexity index is 408. The van der Waals surface area contributed by atoms with Crippen LogP contribution in [0.25, 0.3) is 0 Å². The van der Waals surface area contributed by atoms with Crippen LogP contribution in [0.4, 0.5) is 0 Å². The Morgan fingerprint density at radius 2 is 1.89 bits per heavy atom. The first-order chi connectivity index (χ1) is 9.15. The van der Waals surface area contributed by atoms with Crippen molar-refractivity contribution in [2.75, 3.05) is 19.7 Å². The highest BCUT2D eigenvalue weighted by Crippen LogP contribution is 2.34. The fourth-order valence-corrected chi connectivity index (χ4v) is 2.72. The van der Waals surface area contributed by atoms with Crippen LogP contribution in [0.15, 0.2) is 30.3 Å². The van der Waals surface area contributed by atoms with Crippen molar-refractivity contribution in [3.05, 3.63) is 35.9 Å². The normalized spacial score (nSPS) is 18.5. The molecule has 0 saturated carbocycles. The topological polar surface area (TPSA) is 38.3 Å². The molecule has 1 aromatic rings. The molecule has 1 N–H and O–H groups in total. The van der Waals surface area contributed by atoms with Crippen molar-refractivity contribution in [3.8, 4) is 0 Å². The van der Waals surface area contributed by atoms with Crippen LogP contribution < -0.4 is 5.32 Å². The molecule has 0 radical (unpaired) electrons. The molecule has 3 heteroatoms. The molecule has 0 aliphatic carbocycles. The van der Waals surface area contributed by atoms with Crippen LogP contribution in [0.2, 0.25) is 0 Å². The number of hydrogen-bond donors (Lipinski definition) is 1. The van der Waals surface area contributed by atoms with E-state index in [0.717, 1.165) is 31.5 Å². The monoisotopic (exact) mass is 261 g/mol. The van der Waals surface area contributed by atoms with Gasteiger partial charge in [0.1, 0.15) is 6.61 Å². The Hall–Kier alpha value is -1.19. The highest BCUT2D eigenvalue weighted by atomic mass is 16.5. The van der Waals surface area contributed by atoms with Crippen LogP contribution in [0.5, 0.6) is 0 Å². The van der Waals surface area contributed by atoms with Gasteiger partial charge in [-0.05, 0) is 45.3 Å².